The van der Waals surface area contributed by atoms with Crippen molar-refractivity contribution in [1.29, 1.82) is 0 Å². The lowest BCUT2D eigenvalue weighted by molar-refractivity contribution is -0.124. The fourth-order valence-electron chi connectivity index (χ4n) is 2.93. The fourth-order valence-corrected chi connectivity index (χ4v) is 4.43. The van der Waals surface area contributed by atoms with Gasteiger partial charge in [-0.2, -0.15) is 4.31 Å². The summed E-state index contributed by atoms with van der Waals surface area (Å²) in [5, 5.41) is 11.7. The predicted molar refractivity (Wildman–Crippen MR) is 112 cm³/mol. The Morgan fingerprint density at radius 1 is 1.24 bits per heavy atom. The number of nitrogens with zero attached hydrogens (tertiary/aromatic N) is 2. The van der Waals surface area contributed by atoms with Gasteiger partial charge in [0.1, 0.15) is 5.82 Å². The van der Waals surface area contributed by atoms with E-state index in [9.17, 15) is 13.2 Å². The number of nitrogens with one attached hydrogen (secondary N) is 2. The summed E-state index contributed by atoms with van der Waals surface area (Å²) in [6.07, 6.45) is 4.98. The Bertz CT molecular complexity index is 963. The molecule has 0 bridgehead atoms. The zero-order chi connectivity index (χ0) is 20.1. The predicted octanol–water partition coefficient (Wildman–Crippen LogP) is 2.21. The summed E-state index contributed by atoms with van der Waals surface area (Å²) in [5.74, 6) is 0.00591. The SMILES string of the molecule is Cc1ccc(S(=O)(=O)N2CC[C@@H](Nc3ccc(/C=C/C(=O)NO)cn3)C2)cc1.Cl. The van der Waals surface area contributed by atoms with Crippen LogP contribution in [0.15, 0.2) is 53.6 Å². The second-order valence-corrected chi connectivity index (χ2v) is 8.53. The van der Waals surface area contributed by atoms with E-state index in [-0.39, 0.29) is 18.4 Å². The molecule has 3 rings (SSSR count). The fraction of sp³-hybridized carbons (Fsp3) is 0.263. The minimum absolute atomic E-state index is 0. The Labute approximate surface area is 176 Å². The van der Waals surface area contributed by atoms with Gasteiger partial charge in [0, 0.05) is 31.4 Å². The van der Waals surface area contributed by atoms with Gasteiger partial charge in [0.15, 0.2) is 0 Å². The molecule has 0 saturated carbocycles. The van der Waals surface area contributed by atoms with E-state index in [2.05, 4.69) is 10.3 Å². The molecule has 1 atom stereocenters. The molecular weight excluding hydrogens is 416 g/mol. The number of pyridine rings is 1. The summed E-state index contributed by atoms with van der Waals surface area (Å²) in [6.45, 7) is 2.74. The van der Waals surface area contributed by atoms with Crippen LogP contribution in [0.2, 0.25) is 0 Å². The first kappa shape index (κ1) is 22.8. The van der Waals surface area contributed by atoms with Crippen LogP contribution in [-0.2, 0) is 14.8 Å². The first-order valence-corrected chi connectivity index (χ1v) is 10.2. The number of aromatic nitrogens is 1. The minimum atomic E-state index is -3.50. The highest BCUT2D eigenvalue weighted by Crippen LogP contribution is 2.23. The number of sulfonamides is 1. The molecule has 1 saturated heterocycles. The van der Waals surface area contributed by atoms with Crippen molar-refractivity contribution in [3.8, 4) is 0 Å². The van der Waals surface area contributed by atoms with Crippen LogP contribution in [0.1, 0.15) is 17.5 Å². The first-order valence-electron chi connectivity index (χ1n) is 8.80. The molecule has 1 amide bonds. The summed E-state index contributed by atoms with van der Waals surface area (Å²) >= 11 is 0. The van der Waals surface area contributed by atoms with Crippen molar-refractivity contribution >= 4 is 40.2 Å². The zero-order valence-electron chi connectivity index (χ0n) is 15.8. The van der Waals surface area contributed by atoms with Crippen molar-refractivity contribution in [3.05, 3.63) is 59.8 Å². The zero-order valence-corrected chi connectivity index (χ0v) is 17.4. The van der Waals surface area contributed by atoms with Crippen molar-refractivity contribution in [2.45, 2.75) is 24.3 Å². The summed E-state index contributed by atoms with van der Waals surface area (Å²) in [5.41, 5.74) is 3.23. The van der Waals surface area contributed by atoms with Crippen LogP contribution in [0, 0.1) is 6.92 Å². The molecule has 2 aromatic rings. The topological polar surface area (TPSA) is 112 Å². The third kappa shape index (κ3) is 5.77. The van der Waals surface area contributed by atoms with Gasteiger partial charge >= 0.3 is 0 Å². The Kier molecular flexibility index (Phi) is 7.74. The standard InChI is InChI=1S/C19H22N4O4S.ClH/c1-14-2-6-17(7-3-14)28(26,27)23-11-10-16(13-23)21-18-8-4-15(12-20-18)5-9-19(24)22-25;/h2-9,12,16,25H,10-11,13H2,1H3,(H,20,21)(H,22,24);1H/b9-5+;/t16-;/m1./s1. The van der Waals surface area contributed by atoms with Crippen molar-refractivity contribution < 1.29 is 18.4 Å². The molecule has 1 aliphatic rings. The van der Waals surface area contributed by atoms with Gasteiger partial charge in [-0.15, -0.1) is 12.4 Å². The molecule has 1 aromatic carbocycles. The molecule has 0 radical (unpaired) electrons. The van der Waals surface area contributed by atoms with Crippen LogP contribution in [-0.4, -0.2) is 48.0 Å². The number of rotatable bonds is 6. The van der Waals surface area contributed by atoms with E-state index in [4.69, 9.17) is 5.21 Å². The van der Waals surface area contributed by atoms with Crippen LogP contribution in [0.4, 0.5) is 5.82 Å². The molecule has 1 fully saturated rings. The van der Waals surface area contributed by atoms with Gasteiger partial charge in [-0.3, -0.25) is 10.0 Å². The van der Waals surface area contributed by atoms with Gasteiger partial charge in [-0.25, -0.2) is 18.9 Å². The molecule has 156 valence electrons. The van der Waals surface area contributed by atoms with Gasteiger partial charge < -0.3 is 5.32 Å². The lowest BCUT2D eigenvalue weighted by Crippen LogP contribution is -2.31. The molecule has 8 nitrogen and oxygen atoms in total. The molecule has 0 spiro atoms. The average molecular weight is 439 g/mol. The number of benzene rings is 1. The van der Waals surface area contributed by atoms with E-state index >= 15 is 0 Å². The summed E-state index contributed by atoms with van der Waals surface area (Å²) in [6, 6.07) is 10.4. The highest BCUT2D eigenvalue weighted by atomic mass is 35.5. The molecule has 1 aromatic heterocycles. The summed E-state index contributed by atoms with van der Waals surface area (Å²) in [7, 11) is -3.50. The number of amides is 1. The molecule has 0 unspecified atom stereocenters. The molecule has 1 aliphatic heterocycles. The molecule has 29 heavy (non-hydrogen) atoms. The van der Waals surface area contributed by atoms with Gasteiger partial charge in [0.25, 0.3) is 5.91 Å². The molecule has 2 heterocycles. The maximum atomic E-state index is 12.8. The van der Waals surface area contributed by atoms with Gasteiger partial charge in [-0.1, -0.05) is 17.7 Å². The number of aryl methyl sites for hydroxylation is 1. The number of halogens is 1. The number of anilines is 1. The molecule has 0 aliphatic carbocycles. The minimum Gasteiger partial charge on any atom is -0.366 e. The molecule has 10 heteroatoms. The quantitative estimate of drug-likeness (QED) is 0.362. The van der Waals surface area contributed by atoms with Gasteiger partial charge in [0.2, 0.25) is 10.0 Å². The third-order valence-electron chi connectivity index (χ3n) is 4.49. The average Bonchev–Trinajstić information content (AvgIpc) is 3.17. The maximum absolute atomic E-state index is 12.8. The van der Waals surface area contributed by atoms with Crippen molar-refractivity contribution in [3.63, 3.8) is 0 Å². The number of hydroxylamine groups is 1. The lowest BCUT2D eigenvalue weighted by atomic mass is 10.2. The van der Waals surface area contributed by atoms with Gasteiger partial charge in [-0.05, 0) is 49.2 Å². The number of hydrogen-bond acceptors (Lipinski definition) is 6. The number of hydrogen-bond donors (Lipinski definition) is 3. The van der Waals surface area contributed by atoms with Crippen LogP contribution in [0.3, 0.4) is 0 Å². The van der Waals surface area contributed by atoms with Crippen LogP contribution >= 0.6 is 12.4 Å². The second-order valence-electron chi connectivity index (χ2n) is 6.59. The van der Waals surface area contributed by atoms with Crippen LogP contribution in [0.25, 0.3) is 6.08 Å². The monoisotopic (exact) mass is 438 g/mol. The first-order chi connectivity index (χ1) is 13.4. The van der Waals surface area contributed by atoms with E-state index in [1.807, 2.05) is 6.92 Å². The van der Waals surface area contributed by atoms with Crippen molar-refractivity contribution in [1.82, 2.24) is 14.8 Å². The Hall–Kier alpha value is -2.46. The normalized spacial score (nSPS) is 17.1. The largest absolute Gasteiger partial charge is 0.366 e. The maximum Gasteiger partial charge on any atom is 0.267 e. The van der Waals surface area contributed by atoms with E-state index in [0.29, 0.717) is 35.8 Å². The Balaban J connectivity index is 0.00000300. The Morgan fingerprint density at radius 3 is 2.59 bits per heavy atom. The highest BCUT2D eigenvalue weighted by Gasteiger charge is 2.32. The number of carbonyl (C=O) groups excluding carboxylic acids is 1. The van der Waals surface area contributed by atoms with Crippen LogP contribution < -0.4 is 10.8 Å². The smallest absolute Gasteiger partial charge is 0.267 e. The highest BCUT2D eigenvalue weighted by molar-refractivity contribution is 7.89. The number of carbonyl (C=O) groups is 1. The summed E-state index contributed by atoms with van der Waals surface area (Å²) in [4.78, 5) is 15.6. The van der Waals surface area contributed by atoms with E-state index in [1.54, 1.807) is 42.6 Å². The van der Waals surface area contributed by atoms with Crippen LogP contribution in [0.5, 0.6) is 0 Å². The summed E-state index contributed by atoms with van der Waals surface area (Å²) < 4.78 is 27.0. The van der Waals surface area contributed by atoms with E-state index < -0.39 is 15.9 Å². The van der Waals surface area contributed by atoms with E-state index in [0.717, 1.165) is 5.56 Å². The van der Waals surface area contributed by atoms with Gasteiger partial charge in [0.05, 0.1) is 4.90 Å². The molecule has 3 N–H and O–H groups in total. The Morgan fingerprint density at radius 2 is 1.97 bits per heavy atom. The third-order valence-corrected chi connectivity index (χ3v) is 6.36. The lowest BCUT2D eigenvalue weighted by Gasteiger charge is -2.17. The second kappa shape index (κ2) is 9.84. The van der Waals surface area contributed by atoms with Crippen molar-refractivity contribution in [2.75, 3.05) is 18.4 Å². The molecular formula is C19H23ClN4O4S. The van der Waals surface area contributed by atoms with Crippen molar-refractivity contribution in [2.24, 2.45) is 0 Å². The van der Waals surface area contributed by atoms with E-state index in [1.165, 1.54) is 21.9 Å².